The predicted octanol–water partition coefficient (Wildman–Crippen LogP) is 4.46. The van der Waals surface area contributed by atoms with Gasteiger partial charge in [-0.05, 0) is 58.2 Å². The molecule has 0 fully saturated rings. The molecular formula is C18H30O3. The number of hydrogen-bond donors (Lipinski definition) is 0. The smallest absolute Gasteiger partial charge is 0.0720 e. The van der Waals surface area contributed by atoms with E-state index < -0.39 is 0 Å². The lowest BCUT2D eigenvalue weighted by Crippen LogP contribution is -2.07. The Morgan fingerprint density at radius 3 is 1.00 bits per heavy atom. The quantitative estimate of drug-likeness (QED) is 0.673. The van der Waals surface area contributed by atoms with E-state index in [1.807, 2.05) is 0 Å². The second kappa shape index (κ2) is 9.19. The van der Waals surface area contributed by atoms with Gasteiger partial charge in [-0.1, -0.05) is 18.2 Å². The highest BCUT2D eigenvalue weighted by atomic mass is 16.5. The Balaban J connectivity index is 2.79. The Bertz CT molecular complexity index is 337. The summed E-state index contributed by atoms with van der Waals surface area (Å²) in [5.74, 6) is 0. The average Bonchev–Trinajstić information content (AvgIpc) is 2.40. The topological polar surface area (TPSA) is 27.7 Å². The lowest BCUT2D eigenvalue weighted by Gasteiger charge is -2.14. The van der Waals surface area contributed by atoms with Crippen molar-refractivity contribution in [3.05, 3.63) is 34.9 Å². The predicted molar refractivity (Wildman–Crippen MR) is 86.2 cm³/mol. The summed E-state index contributed by atoms with van der Waals surface area (Å²) in [6.07, 6.45) is 0.697. The maximum absolute atomic E-state index is 5.71. The van der Waals surface area contributed by atoms with Crippen LogP contribution in [0.25, 0.3) is 0 Å². The fourth-order valence-corrected chi connectivity index (χ4v) is 1.88. The van der Waals surface area contributed by atoms with Gasteiger partial charge in [-0.3, -0.25) is 0 Å². The van der Waals surface area contributed by atoms with Crippen LogP contribution < -0.4 is 0 Å². The highest BCUT2D eigenvalue weighted by Gasteiger charge is 2.05. The standard InChI is InChI=1S/C18H30O3/c1-13(2)19-10-16-7-17(11-20-14(3)4)9-18(8-16)12-21-15(5)6/h7-9,13-15H,10-12H2,1-6H3. The molecule has 0 saturated carbocycles. The second-order valence-electron chi connectivity index (χ2n) is 6.24. The van der Waals surface area contributed by atoms with Crippen LogP contribution in [0.2, 0.25) is 0 Å². The first-order chi connectivity index (χ1) is 9.86. The van der Waals surface area contributed by atoms with Crippen molar-refractivity contribution in [1.82, 2.24) is 0 Å². The van der Waals surface area contributed by atoms with E-state index in [1.165, 1.54) is 16.7 Å². The molecule has 1 rings (SSSR count). The van der Waals surface area contributed by atoms with Gasteiger partial charge in [-0.2, -0.15) is 0 Å². The van der Waals surface area contributed by atoms with Gasteiger partial charge in [-0.25, -0.2) is 0 Å². The molecule has 0 aromatic heterocycles. The second-order valence-corrected chi connectivity index (χ2v) is 6.24. The van der Waals surface area contributed by atoms with E-state index in [2.05, 4.69) is 59.7 Å². The molecule has 0 radical (unpaired) electrons. The molecule has 0 amide bonds. The number of ether oxygens (including phenoxy) is 3. The summed E-state index contributed by atoms with van der Waals surface area (Å²) in [6.45, 7) is 14.2. The molecule has 0 aliphatic rings. The van der Waals surface area contributed by atoms with Crippen molar-refractivity contribution >= 4 is 0 Å². The molecule has 0 bridgehead atoms. The van der Waals surface area contributed by atoms with Crippen LogP contribution in [0.3, 0.4) is 0 Å². The highest BCUT2D eigenvalue weighted by Crippen LogP contribution is 2.15. The van der Waals surface area contributed by atoms with Gasteiger partial charge in [0.2, 0.25) is 0 Å². The summed E-state index contributed by atoms with van der Waals surface area (Å²) < 4.78 is 17.1. The van der Waals surface area contributed by atoms with Crippen molar-refractivity contribution in [3.63, 3.8) is 0 Å². The van der Waals surface area contributed by atoms with E-state index in [4.69, 9.17) is 14.2 Å². The highest BCUT2D eigenvalue weighted by molar-refractivity contribution is 5.29. The van der Waals surface area contributed by atoms with Crippen LogP contribution >= 0.6 is 0 Å². The molecule has 0 unspecified atom stereocenters. The first-order valence-corrected chi connectivity index (χ1v) is 7.83. The maximum Gasteiger partial charge on any atom is 0.0720 e. The molecule has 3 nitrogen and oxygen atoms in total. The molecule has 0 aliphatic heterocycles. The number of hydrogen-bond acceptors (Lipinski definition) is 3. The Hall–Kier alpha value is -0.900. The minimum absolute atomic E-state index is 0.232. The molecule has 120 valence electrons. The SMILES string of the molecule is CC(C)OCc1cc(COC(C)C)cc(COC(C)C)c1. The van der Waals surface area contributed by atoms with Gasteiger partial charge in [0.25, 0.3) is 0 Å². The Morgan fingerprint density at radius 1 is 0.571 bits per heavy atom. The molecule has 3 heteroatoms. The zero-order chi connectivity index (χ0) is 15.8. The average molecular weight is 294 g/mol. The zero-order valence-corrected chi connectivity index (χ0v) is 14.3. The van der Waals surface area contributed by atoms with E-state index in [0.29, 0.717) is 19.8 Å². The molecule has 0 N–H and O–H groups in total. The van der Waals surface area contributed by atoms with Gasteiger partial charge in [0, 0.05) is 0 Å². The normalized spacial score (nSPS) is 11.9. The summed E-state index contributed by atoms with van der Waals surface area (Å²) in [6, 6.07) is 6.47. The Kier molecular flexibility index (Phi) is 7.94. The van der Waals surface area contributed by atoms with Crippen LogP contribution in [0.15, 0.2) is 18.2 Å². The van der Waals surface area contributed by atoms with Crippen LogP contribution in [0.5, 0.6) is 0 Å². The van der Waals surface area contributed by atoms with E-state index in [9.17, 15) is 0 Å². The summed E-state index contributed by atoms with van der Waals surface area (Å²) in [7, 11) is 0. The van der Waals surface area contributed by atoms with Gasteiger partial charge in [-0.15, -0.1) is 0 Å². The van der Waals surface area contributed by atoms with Gasteiger partial charge in [0.05, 0.1) is 38.1 Å². The molecule has 1 aromatic carbocycles. The first kappa shape index (κ1) is 18.1. The van der Waals surface area contributed by atoms with Crippen molar-refractivity contribution < 1.29 is 14.2 Å². The molecule has 21 heavy (non-hydrogen) atoms. The molecule has 1 aromatic rings. The molecule has 0 atom stereocenters. The minimum atomic E-state index is 0.232. The van der Waals surface area contributed by atoms with Crippen LogP contribution in [0.1, 0.15) is 58.2 Å². The van der Waals surface area contributed by atoms with E-state index >= 15 is 0 Å². The molecule has 0 heterocycles. The Labute approximate surface area is 129 Å². The summed E-state index contributed by atoms with van der Waals surface area (Å²) in [5.41, 5.74) is 3.53. The third-order valence-corrected chi connectivity index (χ3v) is 2.86. The lowest BCUT2D eigenvalue weighted by molar-refractivity contribution is 0.0594. The van der Waals surface area contributed by atoms with Gasteiger partial charge in [0.1, 0.15) is 0 Å². The summed E-state index contributed by atoms with van der Waals surface area (Å²) in [5, 5.41) is 0. The van der Waals surface area contributed by atoms with Crippen LogP contribution in [-0.4, -0.2) is 18.3 Å². The van der Waals surface area contributed by atoms with Crippen LogP contribution in [0.4, 0.5) is 0 Å². The van der Waals surface area contributed by atoms with E-state index in [1.54, 1.807) is 0 Å². The van der Waals surface area contributed by atoms with Crippen LogP contribution in [-0.2, 0) is 34.0 Å². The van der Waals surface area contributed by atoms with Crippen molar-refractivity contribution in [2.24, 2.45) is 0 Å². The summed E-state index contributed by atoms with van der Waals surface area (Å²) >= 11 is 0. The van der Waals surface area contributed by atoms with Crippen LogP contribution in [0, 0.1) is 0 Å². The van der Waals surface area contributed by atoms with Crippen molar-refractivity contribution in [2.45, 2.75) is 79.7 Å². The molecule has 0 spiro atoms. The third-order valence-electron chi connectivity index (χ3n) is 2.86. The Morgan fingerprint density at radius 2 is 0.810 bits per heavy atom. The zero-order valence-electron chi connectivity index (χ0n) is 14.3. The van der Waals surface area contributed by atoms with Crippen molar-refractivity contribution in [3.8, 4) is 0 Å². The summed E-state index contributed by atoms with van der Waals surface area (Å²) in [4.78, 5) is 0. The van der Waals surface area contributed by atoms with Gasteiger partial charge in [0.15, 0.2) is 0 Å². The molecule has 0 aliphatic carbocycles. The fraction of sp³-hybridized carbons (Fsp3) is 0.667. The fourth-order valence-electron chi connectivity index (χ4n) is 1.88. The monoisotopic (exact) mass is 294 g/mol. The number of benzene rings is 1. The van der Waals surface area contributed by atoms with Gasteiger partial charge < -0.3 is 14.2 Å². The lowest BCUT2D eigenvalue weighted by atomic mass is 10.1. The molecular weight excluding hydrogens is 264 g/mol. The number of rotatable bonds is 9. The van der Waals surface area contributed by atoms with Crippen molar-refractivity contribution in [2.75, 3.05) is 0 Å². The largest absolute Gasteiger partial charge is 0.374 e. The third kappa shape index (κ3) is 8.20. The molecule has 0 saturated heterocycles. The van der Waals surface area contributed by atoms with E-state index in [0.717, 1.165) is 0 Å². The maximum atomic E-state index is 5.71. The first-order valence-electron chi connectivity index (χ1n) is 7.83. The van der Waals surface area contributed by atoms with Gasteiger partial charge >= 0.3 is 0 Å². The van der Waals surface area contributed by atoms with E-state index in [-0.39, 0.29) is 18.3 Å². The minimum Gasteiger partial charge on any atom is -0.374 e. The van der Waals surface area contributed by atoms with Crippen molar-refractivity contribution in [1.29, 1.82) is 0 Å².